The highest BCUT2D eigenvalue weighted by molar-refractivity contribution is 4.99. The molecule has 0 bridgehead atoms. The molecule has 0 aromatic rings. The van der Waals surface area contributed by atoms with Gasteiger partial charge in [-0.1, -0.05) is 6.58 Å². The quantitative estimate of drug-likeness (QED) is 0.563. The zero-order valence-electron chi connectivity index (χ0n) is 9.46. The van der Waals surface area contributed by atoms with Crippen molar-refractivity contribution in [3.05, 3.63) is 12.4 Å². The van der Waals surface area contributed by atoms with Gasteiger partial charge in [0, 0.05) is 6.54 Å². The standard InChI is InChI=1S/C10H22N4O/c1-9(12)14(15-2)10(8-11)4-3-6-13-7-5-10/h13H,1,3-8,11-12H2,2H3. The minimum absolute atomic E-state index is 0.204. The third-order valence-corrected chi connectivity index (χ3v) is 3.02. The lowest BCUT2D eigenvalue weighted by atomic mass is 9.90. The van der Waals surface area contributed by atoms with Gasteiger partial charge in [-0.05, 0) is 32.4 Å². The largest absolute Gasteiger partial charge is 0.384 e. The van der Waals surface area contributed by atoms with Gasteiger partial charge in [-0.2, -0.15) is 0 Å². The number of rotatable bonds is 4. The van der Waals surface area contributed by atoms with E-state index in [0.717, 1.165) is 32.4 Å². The van der Waals surface area contributed by atoms with Gasteiger partial charge in [-0.25, -0.2) is 5.06 Å². The minimum Gasteiger partial charge on any atom is -0.384 e. The monoisotopic (exact) mass is 214 g/mol. The molecule has 1 aliphatic heterocycles. The zero-order valence-corrected chi connectivity index (χ0v) is 9.46. The summed E-state index contributed by atoms with van der Waals surface area (Å²) in [6.07, 6.45) is 2.97. The van der Waals surface area contributed by atoms with Crippen LogP contribution in [0.25, 0.3) is 0 Å². The van der Waals surface area contributed by atoms with Gasteiger partial charge in [0.25, 0.3) is 0 Å². The van der Waals surface area contributed by atoms with E-state index in [4.69, 9.17) is 16.3 Å². The molecule has 0 amide bonds. The lowest BCUT2D eigenvalue weighted by molar-refractivity contribution is -0.176. The van der Waals surface area contributed by atoms with Crippen LogP contribution in [0.2, 0.25) is 0 Å². The van der Waals surface area contributed by atoms with Gasteiger partial charge >= 0.3 is 0 Å². The summed E-state index contributed by atoms with van der Waals surface area (Å²) in [5.41, 5.74) is 11.4. The molecule has 1 heterocycles. The van der Waals surface area contributed by atoms with Gasteiger partial charge in [0.2, 0.25) is 0 Å². The van der Waals surface area contributed by atoms with E-state index in [1.165, 1.54) is 0 Å². The van der Waals surface area contributed by atoms with Crippen LogP contribution in [0.15, 0.2) is 12.4 Å². The Hall–Kier alpha value is -0.780. The molecule has 1 unspecified atom stereocenters. The summed E-state index contributed by atoms with van der Waals surface area (Å²) in [6, 6.07) is 0. The molecule has 0 aromatic carbocycles. The van der Waals surface area contributed by atoms with E-state index in [-0.39, 0.29) is 5.54 Å². The molecule has 1 saturated heterocycles. The number of nitrogens with one attached hydrogen (secondary N) is 1. The maximum Gasteiger partial charge on any atom is 0.117 e. The Morgan fingerprint density at radius 3 is 2.80 bits per heavy atom. The van der Waals surface area contributed by atoms with Crippen molar-refractivity contribution in [2.75, 3.05) is 26.7 Å². The molecule has 0 aromatic heterocycles. The Balaban J connectivity index is 2.83. The van der Waals surface area contributed by atoms with E-state index in [2.05, 4.69) is 11.9 Å². The van der Waals surface area contributed by atoms with Gasteiger partial charge in [0.05, 0.1) is 12.6 Å². The van der Waals surface area contributed by atoms with Crippen molar-refractivity contribution in [3.8, 4) is 0 Å². The molecular weight excluding hydrogens is 192 g/mol. The zero-order chi connectivity index (χ0) is 11.3. The first-order valence-electron chi connectivity index (χ1n) is 5.36. The Kier molecular flexibility index (Phi) is 4.38. The van der Waals surface area contributed by atoms with Crippen LogP contribution in [0.4, 0.5) is 0 Å². The van der Waals surface area contributed by atoms with E-state index >= 15 is 0 Å². The van der Waals surface area contributed by atoms with Crippen LogP contribution in [0.1, 0.15) is 19.3 Å². The minimum atomic E-state index is -0.204. The topological polar surface area (TPSA) is 76.5 Å². The second-order valence-corrected chi connectivity index (χ2v) is 4.00. The van der Waals surface area contributed by atoms with Crippen molar-refractivity contribution >= 4 is 0 Å². The van der Waals surface area contributed by atoms with Crippen molar-refractivity contribution in [3.63, 3.8) is 0 Å². The van der Waals surface area contributed by atoms with Crippen molar-refractivity contribution in [2.24, 2.45) is 11.5 Å². The third kappa shape index (κ3) is 2.62. The van der Waals surface area contributed by atoms with Crippen molar-refractivity contribution in [2.45, 2.75) is 24.8 Å². The van der Waals surface area contributed by atoms with Crippen LogP contribution in [0, 0.1) is 0 Å². The van der Waals surface area contributed by atoms with Crippen LogP contribution in [0.3, 0.4) is 0 Å². The maximum absolute atomic E-state index is 5.88. The van der Waals surface area contributed by atoms with Crippen molar-refractivity contribution < 1.29 is 4.84 Å². The first kappa shape index (κ1) is 12.3. The van der Waals surface area contributed by atoms with E-state index in [1.54, 1.807) is 12.2 Å². The molecule has 1 aliphatic rings. The number of nitrogens with two attached hydrogens (primary N) is 2. The fourth-order valence-electron chi connectivity index (χ4n) is 2.22. The van der Waals surface area contributed by atoms with E-state index in [1.807, 2.05) is 0 Å². The molecular formula is C10H22N4O. The first-order valence-corrected chi connectivity index (χ1v) is 5.36. The molecule has 15 heavy (non-hydrogen) atoms. The first-order chi connectivity index (χ1) is 7.16. The second-order valence-electron chi connectivity index (χ2n) is 4.00. The van der Waals surface area contributed by atoms with E-state index in [0.29, 0.717) is 12.4 Å². The highest BCUT2D eigenvalue weighted by Crippen LogP contribution is 2.27. The summed E-state index contributed by atoms with van der Waals surface area (Å²) in [6.45, 7) is 6.21. The smallest absolute Gasteiger partial charge is 0.117 e. The van der Waals surface area contributed by atoms with Gasteiger partial charge < -0.3 is 16.8 Å². The van der Waals surface area contributed by atoms with Crippen LogP contribution in [-0.4, -0.2) is 37.3 Å². The molecule has 0 radical (unpaired) electrons. The average molecular weight is 214 g/mol. The molecule has 88 valence electrons. The molecule has 0 saturated carbocycles. The SMILES string of the molecule is C=C(N)N(OC)C1(CN)CCCNCC1. The lowest BCUT2D eigenvalue weighted by Crippen LogP contribution is -2.54. The summed E-state index contributed by atoms with van der Waals surface area (Å²) < 4.78 is 0. The Labute approximate surface area is 91.4 Å². The molecule has 5 heteroatoms. The molecule has 1 fully saturated rings. The van der Waals surface area contributed by atoms with Gasteiger partial charge in [-0.3, -0.25) is 4.84 Å². The molecule has 5 nitrogen and oxygen atoms in total. The lowest BCUT2D eigenvalue weighted by Gasteiger charge is -2.41. The number of hydrogen-bond donors (Lipinski definition) is 3. The predicted molar refractivity (Wildman–Crippen MR) is 60.7 cm³/mol. The molecule has 0 spiro atoms. The van der Waals surface area contributed by atoms with E-state index in [9.17, 15) is 0 Å². The summed E-state index contributed by atoms with van der Waals surface area (Å²) >= 11 is 0. The van der Waals surface area contributed by atoms with Crippen LogP contribution in [0.5, 0.6) is 0 Å². The fraction of sp³-hybridized carbons (Fsp3) is 0.800. The maximum atomic E-state index is 5.88. The van der Waals surface area contributed by atoms with Gasteiger partial charge in [-0.15, -0.1) is 0 Å². The second kappa shape index (κ2) is 5.34. The van der Waals surface area contributed by atoms with Gasteiger partial charge in [0.1, 0.15) is 5.82 Å². The molecule has 0 aliphatic carbocycles. The van der Waals surface area contributed by atoms with Crippen LogP contribution >= 0.6 is 0 Å². The number of hydrogen-bond acceptors (Lipinski definition) is 5. The Morgan fingerprint density at radius 2 is 2.27 bits per heavy atom. The Bertz CT molecular complexity index is 211. The van der Waals surface area contributed by atoms with Crippen LogP contribution in [-0.2, 0) is 4.84 Å². The van der Waals surface area contributed by atoms with E-state index < -0.39 is 0 Å². The summed E-state index contributed by atoms with van der Waals surface area (Å²) in [4.78, 5) is 5.30. The highest BCUT2D eigenvalue weighted by atomic mass is 16.7. The Morgan fingerprint density at radius 1 is 1.53 bits per heavy atom. The van der Waals surface area contributed by atoms with Crippen LogP contribution < -0.4 is 16.8 Å². The third-order valence-electron chi connectivity index (χ3n) is 3.02. The van der Waals surface area contributed by atoms with Crippen molar-refractivity contribution in [1.29, 1.82) is 0 Å². The number of hydroxylamine groups is 2. The highest BCUT2D eigenvalue weighted by Gasteiger charge is 2.36. The van der Waals surface area contributed by atoms with Gasteiger partial charge in [0.15, 0.2) is 0 Å². The predicted octanol–water partition coefficient (Wildman–Crippen LogP) is -0.249. The fourth-order valence-corrected chi connectivity index (χ4v) is 2.22. The van der Waals surface area contributed by atoms with Crippen molar-refractivity contribution in [1.82, 2.24) is 10.4 Å². The molecule has 1 atom stereocenters. The summed E-state index contributed by atoms with van der Waals surface area (Å²) in [5, 5.41) is 5.01. The summed E-state index contributed by atoms with van der Waals surface area (Å²) in [5.74, 6) is 0.421. The normalized spacial score (nSPS) is 27.1. The molecule has 1 rings (SSSR count). The molecule has 5 N–H and O–H groups in total. The number of nitrogens with zero attached hydrogens (tertiary/aromatic N) is 1. The summed E-state index contributed by atoms with van der Waals surface area (Å²) in [7, 11) is 1.60. The average Bonchev–Trinajstić information content (AvgIpc) is 2.45.